The molecule has 0 aromatic heterocycles. The Morgan fingerprint density at radius 3 is 2.36 bits per heavy atom. The van der Waals surface area contributed by atoms with Crippen molar-refractivity contribution in [1.29, 1.82) is 0 Å². The molecule has 0 bridgehead atoms. The van der Waals surface area contributed by atoms with E-state index in [4.69, 9.17) is 9.47 Å². The molecule has 172 valence electrons. The van der Waals surface area contributed by atoms with Gasteiger partial charge in [-0.25, -0.2) is 0 Å². The standard InChI is InChI=1S/C27H30N2O4/c1-19(22-11-8-12-24(15-22)28-20(2)30)29(18-21-9-6-5-7-10-21)27(31)16-23-13-14-25(32-3)17-26(23)33-4/h5-15,17,19H,16,18H2,1-4H3,(H,28,30). The molecule has 3 rings (SSSR count). The fourth-order valence-corrected chi connectivity index (χ4v) is 3.74. The Morgan fingerprint density at radius 1 is 0.939 bits per heavy atom. The van der Waals surface area contributed by atoms with Gasteiger partial charge in [0, 0.05) is 30.8 Å². The van der Waals surface area contributed by atoms with Gasteiger partial charge in [0.05, 0.1) is 26.7 Å². The molecule has 6 nitrogen and oxygen atoms in total. The molecule has 0 fully saturated rings. The van der Waals surface area contributed by atoms with E-state index in [-0.39, 0.29) is 24.3 Å². The fraction of sp³-hybridized carbons (Fsp3) is 0.259. The van der Waals surface area contributed by atoms with Gasteiger partial charge in [-0.05, 0) is 36.2 Å². The van der Waals surface area contributed by atoms with E-state index in [1.807, 2.05) is 78.6 Å². The van der Waals surface area contributed by atoms with Crippen LogP contribution < -0.4 is 14.8 Å². The lowest BCUT2D eigenvalue weighted by Gasteiger charge is -2.30. The highest BCUT2D eigenvalue weighted by molar-refractivity contribution is 5.88. The molecular formula is C27H30N2O4. The highest BCUT2D eigenvalue weighted by Gasteiger charge is 2.23. The van der Waals surface area contributed by atoms with Crippen molar-refractivity contribution in [3.8, 4) is 11.5 Å². The van der Waals surface area contributed by atoms with Crippen LogP contribution in [0.4, 0.5) is 5.69 Å². The monoisotopic (exact) mass is 446 g/mol. The van der Waals surface area contributed by atoms with Crippen LogP contribution in [-0.2, 0) is 22.6 Å². The quantitative estimate of drug-likeness (QED) is 0.503. The van der Waals surface area contributed by atoms with Gasteiger partial charge in [0.15, 0.2) is 0 Å². The Hall–Kier alpha value is -3.80. The predicted molar refractivity (Wildman–Crippen MR) is 129 cm³/mol. The van der Waals surface area contributed by atoms with Crippen molar-refractivity contribution in [1.82, 2.24) is 4.90 Å². The van der Waals surface area contributed by atoms with Gasteiger partial charge in [0.2, 0.25) is 11.8 Å². The SMILES string of the molecule is COc1ccc(CC(=O)N(Cc2ccccc2)C(C)c2cccc(NC(C)=O)c2)c(OC)c1. The molecule has 3 aromatic carbocycles. The third-order valence-electron chi connectivity index (χ3n) is 5.51. The number of methoxy groups -OCH3 is 2. The maximum Gasteiger partial charge on any atom is 0.227 e. The van der Waals surface area contributed by atoms with E-state index < -0.39 is 0 Å². The number of carbonyl (C=O) groups is 2. The molecule has 0 heterocycles. The summed E-state index contributed by atoms with van der Waals surface area (Å²) < 4.78 is 10.8. The Balaban J connectivity index is 1.91. The second kappa shape index (κ2) is 11.2. The zero-order chi connectivity index (χ0) is 23.8. The molecular weight excluding hydrogens is 416 g/mol. The van der Waals surface area contributed by atoms with Gasteiger partial charge >= 0.3 is 0 Å². The molecule has 0 saturated heterocycles. The van der Waals surface area contributed by atoms with Crippen LogP contribution in [0.25, 0.3) is 0 Å². The molecule has 33 heavy (non-hydrogen) atoms. The second-order valence-electron chi connectivity index (χ2n) is 7.84. The largest absolute Gasteiger partial charge is 0.497 e. The first-order valence-corrected chi connectivity index (χ1v) is 10.8. The van der Waals surface area contributed by atoms with Crippen LogP contribution >= 0.6 is 0 Å². The van der Waals surface area contributed by atoms with Crippen LogP contribution in [0.2, 0.25) is 0 Å². The summed E-state index contributed by atoms with van der Waals surface area (Å²) >= 11 is 0. The molecule has 1 N–H and O–H groups in total. The minimum Gasteiger partial charge on any atom is -0.497 e. The fourth-order valence-electron chi connectivity index (χ4n) is 3.74. The summed E-state index contributed by atoms with van der Waals surface area (Å²) in [6.45, 7) is 3.94. The summed E-state index contributed by atoms with van der Waals surface area (Å²) in [5.41, 5.74) is 3.47. The maximum atomic E-state index is 13.6. The van der Waals surface area contributed by atoms with Crippen molar-refractivity contribution in [2.24, 2.45) is 0 Å². The van der Waals surface area contributed by atoms with Gasteiger partial charge in [0.1, 0.15) is 11.5 Å². The van der Waals surface area contributed by atoms with Gasteiger partial charge in [-0.15, -0.1) is 0 Å². The zero-order valence-electron chi connectivity index (χ0n) is 19.5. The highest BCUT2D eigenvalue weighted by atomic mass is 16.5. The van der Waals surface area contributed by atoms with Gasteiger partial charge < -0.3 is 19.7 Å². The summed E-state index contributed by atoms with van der Waals surface area (Å²) in [6, 6.07) is 22.8. The smallest absolute Gasteiger partial charge is 0.227 e. The lowest BCUT2D eigenvalue weighted by Crippen LogP contribution is -2.34. The van der Waals surface area contributed by atoms with Crippen LogP contribution in [0.3, 0.4) is 0 Å². The normalized spacial score (nSPS) is 11.4. The lowest BCUT2D eigenvalue weighted by atomic mass is 10.0. The number of hydrogen-bond donors (Lipinski definition) is 1. The van der Waals surface area contributed by atoms with Crippen LogP contribution in [0.1, 0.15) is 36.6 Å². The van der Waals surface area contributed by atoms with E-state index in [0.29, 0.717) is 23.7 Å². The number of anilines is 1. The number of carbonyl (C=O) groups excluding carboxylic acids is 2. The van der Waals surface area contributed by atoms with E-state index in [9.17, 15) is 9.59 Å². The number of ether oxygens (including phenoxy) is 2. The van der Waals surface area contributed by atoms with Gasteiger partial charge in [-0.1, -0.05) is 48.5 Å². The third kappa shape index (κ3) is 6.35. The predicted octanol–water partition coefficient (Wildman–Crippen LogP) is 4.99. The van der Waals surface area contributed by atoms with Crippen molar-refractivity contribution in [3.63, 3.8) is 0 Å². The molecule has 0 aliphatic rings. The van der Waals surface area contributed by atoms with E-state index >= 15 is 0 Å². The molecule has 0 radical (unpaired) electrons. The maximum absolute atomic E-state index is 13.6. The summed E-state index contributed by atoms with van der Waals surface area (Å²) in [5.74, 6) is 1.12. The molecule has 3 aromatic rings. The summed E-state index contributed by atoms with van der Waals surface area (Å²) in [4.78, 5) is 26.9. The Labute approximate surface area is 195 Å². The Morgan fingerprint density at radius 2 is 1.70 bits per heavy atom. The van der Waals surface area contributed by atoms with Gasteiger partial charge in [0.25, 0.3) is 0 Å². The van der Waals surface area contributed by atoms with Crippen molar-refractivity contribution < 1.29 is 19.1 Å². The van der Waals surface area contributed by atoms with Crippen molar-refractivity contribution in [2.75, 3.05) is 19.5 Å². The first kappa shape index (κ1) is 23.9. The average molecular weight is 447 g/mol. The van der Waals surface area contributed by atoms with Crippen molar-refractivity contribution >= 4 is 17.5 Å². The minimum absolute atomic E-state index is 0.0280. The van der Waals surface area contributed by atoms with E-state index in [0.717, 1.165) is 16.7 Å². The van der Waals surface area contributed by atoms with Crippen LogP contribution in [-0.4, -0.2) is 30.9 Å². The van der Waals surface area contributed by atoms with E-state index in [1.165, 1.54) is 6.92 Å². The summed E-state index contributed by atoms with van der Waals surface area (Å²) in [5, 5.41) is 2.81. The van der Waals surface area contributed by atoms with Crippen LogP contribution in [0, 0.1) is 0 Å². The van der Waals surface area contributed by atoms with Crippen molar-refractivity contribution in [3.05, 3.63) is 89.5 Å². The molecule has 1 atom stereocenters. The first-order chi connectivity index (χ1) is 15.9. The van der Waals surface area contributed by atoms with Gasteiger partial charge in [-0.3, -0.25) is 9.59 Å². The average Bonchev–Trinajstić information content (AvgIpc) is 2.82. The Kier molecular flexibility index (Phi) is 8.08. The minimum atomic E-state index is -0.212. The Bertz CT molecular complexity index is 1100. The molecule has 1 unspecified atom stereocenters. The molecule has 2 amide bonds. The van der Waals surface area contributed by atoms with Crippen molar-refractivity contribution in [2.45, 2.75) is 32.9 Å². The van der Waals surface area contributed by atoms with Crippen LogP contribution in [0.5, 0.6) is 11.5 Å². The topological polar surface area (TPSA) is 67.9 Å². The van der Waals surface area contributed by atoms with Crippen LogP contribution in [0.15, 0.2) is 72.8 Å². The van der Waals surface area contributed by atoms with Gasteiger partial charge in [-0.2, -0.15) is 0 Å². The third-order valence-corrected chi connectivity index (χ3v) is 5.51. The molecule has 0 spiro atoms. The number of hydrogen-bond acceptors (Lipinski definition) is 4. The van der Waals surface area contributed by atoms with E-state index in [1.54, 1.807) is 20.3 Å². The highest BCUT2D eigenvalue weighted by Crippen LogP contribution is 2.29. The number of rotatable bonds is 9. The number of amides is 2. The zero-order valence-corrected chi connectivity index (χ0v) is 19.5. The number of nitrogens with one attached hydrogen (secondary N) is 1. The molecule has 0 aliphatic carbocycles. The number of nitrogens with zero attached hydrogens (tertiary/aromatic N) is 1. The molecule has 0 saturated carbocycles. The van der Waals surface area contributed by atoms with E-state index in [2.05, 4.69) is 5.32 Å². The molecule has 0 aliphatic heterocycles. The summed E-state index contributed by atoms with van der Waals surface area (Å²) in [6.07, 6.45) is 0.190. The lowest BCUT2D eigenvalue weighted by molar-refractivity contribution is -0.133. The number of benzene rings is 3. The molecule has 6 heteroatoms. The first-order valence-electron chi connectivity index (χ1n) is 10.8. The summed E-state index contributed by atoms with van der Waals surface area (Å²) in [7, 11) is 3.18. The second-order valence-corrected chi connectivity index (χ2v) is 7.84.